The fourth-order valence-corrected chi connectivity index (χ4v) is 1.51. The van der Waals surface area contributed by atoms with Crippen LogP contribution in [0.1, 0.15) is 20.8 Å². The Kier molecular flexibility index (Phi) is 7.02. The lowest BCUT2D eigenvalue weighted by Crippen LogP contribution is -2.46. The van der Waals surface area contributed by atoms with Crippen molar-refractivity contribution in [1.82, 2.24) is 9.80 Å². The zero-order valence-electron chi connectivity index (χ0n) is 10.8. The van der Waals surface area contributed by atoms with Gasteiger partial charge in [0.2, 0.25) is 0 Å². The number of nitrogens with zero attached hydrogens (tertiary/aromatic N) is 2. The Bertz CT molecular complexity index is 277. The lowest BCUT2D eigenvalue weighted by molar-refractivity contribution is -0.137. The molecule has 0 radical (unpaired) electrons. The predicted molar refractivity (Wildman–Crippen MR) is 66.9 cm³/mol. The Labute approximate surface area is 103 Å². The molecule has 0 atom stereocenters. The number of hydrogen-bond donors (Lipinski definition) is 1. The molecular weight excluding hydrogens is 220 g/mol. The summed E-state index contributed by atoms with van der Waals surface area (Å²) in [4.78, 5) is 25.7. The van der Waals surface area contributed by atoms with Gasteiger partial charge in [0.25, 0.3) is 0 Å². The predicted octanol–water partition coefficient (Wildman–Crippen LogP) is 1.66. The first-order valence-electron chi connectivity index (χ1n) is 5.78. The van der Waals surface area contributed by atoms with Crippen molar-refractivity contribution in [2.24, 2.45) is 5.92 Å². The second kappa shape index (κ2) is 7.70. The number of rotatable bonds is 7. The van der Waals surface area contributed by atoms with E-state index in [0.717, 1.165) is 0 Å². The van der Waals surface area contributed by atoms with Gasteiger partial charge in [0.05, 0.1) is 0 Å². The van der Waals surface area contributed by atoms with E-state index in [1.54, 1.807) is 4.90 Å². The number of urea groups is 1. The van der Waals surface area contributed by atoms with Crippen molar-refractivity contribution >= 4 is 12.0 Å². The Morgan fingerprint density at radius 3 is 2.29 bits per heavy atom. The molecule has 98 valence electrons. The maximum absolute atomic E-state index is 12.1. The van der Waals surface area contributed by atoms with Gasteiger partial charge in [0.1, 0.15) is 6.54 Å². The second-order valence-corrected chi connectivity index (χ2v) is 4.28. The van der Waals surface area contributed by atoms with E-state index in [2.05, 4.69) is 6.58 Å². The highest BCUT2D eigenvalue weighted by molar-refractivity contribution is 5.80. The van der Waals surface area contributed by atoms with E-state index in [4.69, 9.17) is 5.11 Å². The molecule has 0 aromatic heterocycles. The third kappa shape index (κ3) is 5.94. The van der Waals surface area contributed by atoms with E-state index in [0.29, 0.717) is 19.0 Å². The van der Waals surface area contributed by atoms with Crippen molar-refractivity contribution < 1.29 is 14.7 Å². The fraction of sp³-hybridized carbons (Fsp3) is 0.667. The highest BCUT2D eigenvalue weighted by atomic mass is 16.4. The molecule has 0 heterocycles. The van der Waals surface area contributed by atoms with Gasteiger partial charge in [-0.3, -0.25) is 4.79 Å². The van der Waals surface area contributed by atoms with Gasteiger partial charge in [0, 0.05) is 19.6 Å². The molecular formula is C12H22N2O3. The van der Waals surface area contributed by atoms with Crippen molar-refractivity contribution in [3.63, 3.8) is 0 Å². The number of carboxylic acid groups (broad SMARTS) is 1. The number of aliphatic carboxylic acids is 1. The molecule has 1 N–H and O–H groups in total. The molecule has 2 amide bonds. The van der Waals surface area contributed by atoms with Crippen LogP contribution in [0.4, 0.5) is 4.79 Å². The standard InChI is InChI=1S/C12H22N2O3/c1-5-7-14(9-11(15)16)12(17)13(6-2)8-10(3)4/h5,10H,1,6-9H2,2-4H3,(H,15,16). The highest BCUT2D eigenvalue weighted by Crippen LogP contribution is 2.04. The first-order valence-corrected chi connectivity index (χ1v) is 5.78. The van der Waals surface area contributed by atoms with Crippen LogP contribution in [0.3, 0.4) is 0 Å². The van der Waals surface area contributed by atoms with Gasteiger partial charge in [0.15, 0.2) is 0 Å². The highest BCUT2D eigenvalue weighted by Gasteiger charge is 2.21. The Hall–Kier alpha value is -1.52. The van der Waals surface area contributed by atoms with Crippen LogP contribution >= 0.6 is 0 Å². The van der Waals surface area contributed by atoms with Crippen LogP contribution in [0.2, 0.25) is 0 Å². The molecule has 0 saturated heterocycles. The molecule has 5 heteroatoms. The molecule has 0 unspecified atom stereocenters. The smallest absolute Gasteiger partial charge is 0.323 e. The summed E-state index contributed by atoms with van der Waals surface area (Å²) in [6.45, 7) is 10.6. The van der Waals surface area contributed by atoms with Crippen LogP contribution in [0.5, 0.6) is 0 Å². The summed E-state index contributed by atoms with van der Waals surface area (Å²) in [5.41, 5.74) is 0. The molecule has 0 rings (SSSR count). The van der Waals surface area contributed by atoms with Crippen molar-refractivity contribution in [3.8, 4) is 0 Å². The quantitative estimate of drug-likeness (QED) is 0.691. The summed E-state index contributed by atoms with van der Waals surface area (Å²) >= 11 is 0. The molecule has 0 aliphatic heterocycles. The van der Waals surface area contributed by atoms with E-state index in [9.17, 15) is 9.59 Å². The lowest BCUT2D eigenvalue weighted by Gasteiger charge is -2.29. The van der Waals surface area contributed by atoms with Gasteiger partial charge in [-0.15, -0.1) is 6.58 Å². The molecule has 0 aromatic carbocycles. The maximum Gasteiger partial charge on any atom is 0.323 e. The van der Waals surface area contributed by atoms with E-state index in [-0.39, 0.29) is 19.1 Å². The van der Waals surface area contributed by atoms with E-state index < -0.39 is 5.97 Å². The van der Waals surface area contributed by atoms with Gasteiger partial charge in [-0.05, 0) is 12.8 Å². The molecule has 0 saturated carbocycles. The fourth-order valence-electron chi connectivity index (χ4n) is 1.51. The minimum absolute atomic E-state index is 0.247. The molecule has 0 bridgehead atoms. The van der Waals surface area contributed by atoms with E-state index in [1.807, 2.05) is 20.8 Å². The Morgan fingerprint density at radius 2 is 1.94 bits per heavy atom. The number of carbonyl (C=O) groups excluding carboxylic acids is 1. The van der Waals surface area contributed by atoms with Gasteiger partial charge < -0.3 is 14.9 Å². The van der Waals surface area contributed by atoms with Crippen molar-refractivity contribution in [3.05, 3.63) is 12.7 Å². The third-order valence-corrected chi connectivity index (χ3v) is 2.18. The number of amides is 2. The van der Waals surface area contributed by atoms with Crippen molar-refractivity contribution in [1.29, 1.82) is 0 Å². The first kappa shape index (κ1) is 15.5. The SMILES string of the molecule is C=CCN(CC(=O)O)C(=O)N(CC)CC(C)C. The Morgan fingerprint density at radius 1 is 1.35 bits per heavy atom. The lowest BCUT2D eigenvalue weighted by atomic mass is 10.2. The number of carbonyl (C=O) groups is 2. The third-order valence-electron chi connectivity index (χ3n) is 2.18. The molecule has 0 aliphatic carbocycles. The summed E-state index contributed by atoms with van der Waals surface area (Å²) < 4.78 is 0. The molecule has 17 heavy (non-hydrogen) atoms. The summed E-state index contributed by atoms with van der Waals surface area (Å²) in [6, 6.07) is -0.247. The monoisotopic (exact) mass is 242 g/mol. The first-order chi connectivity index (χ1) is 7.92. The van der Waals surface area contributed by atoms with Gasteiger partial charge >= 0.3 is 12.0 Å². The largest absolute Gasteiger partial charge is 0.480 e. The average Bonchev–Trinajstić information content (AvgIpc) is 2.23. The maximum atomic E-state index is 12.1. The summed E-state index contributed by atoms with van der Waals surface area (Å²) in [5.74, 6) is -0.657. The van der Waals surface area contributed by atoms with E-state index in [1.165, 1.54) is 11.0 Å². The summed E-state index contributed by atoms with van der Waals surface area (Å²) in [7, 11) is 0. The zero-order valence-corrected chi connectivity index (χ0v) is 10.8. The minimum Gasteiger partial charge on any atom is -0.480 e. The Balaban J connectivity index is 4.65. The summed E-state index contributed by atoms with van der Waals surface area (Å²) in [6.07, 6.45) is 1.53. The van der Waals surface area contributed by atoms with Crippen molar-refractivity contribution in [2.75, 3.05) is 26.2 Å². The average molecular weight is 242 g/mol. The molecule has 0 spiro atoms. The normalized spacial score (nSPS) is 10.1. The molecule has 0 aromatic rings. The zero-order chi connectivity index (χ0) is 13.4. The van der Waals surface area contributed by atoms with Crippen LogP contribution < -0.4 is 0 Å². The molecule has 5 nitrogen and oxygen atoms in total. The van der Waals surface area contributed by atoms with Gasteiger partial charge in [-0.1, -0.05) is 19.9 Å². The summed E-state index contributed by atoms with van der Waals surface area (Å²) in [5, 5.41) is 8.75. The second-order valence-electron chi connectivity index (χ2n) is 4.28. The van der Waals surface area contributed by atoms with Crippen LogP contribution in [-0.4, -0.2) is 53.1 Å². The van der Waals surface area contributed by atoms with Gasteiger partial charge in [-0.2, -0.15) is 0 Å². The van der Waals surface area contributed by atoms with Crippen LogP contribution in [0.15, 0.2) is 12.7 Å². The van der Waals surface area contributed by atoms with E-state index >= 15 is 0 Å². The van der Waals surface area contributed by atoms with Crippen LogP contribution in [-0.2, 0) is 4.79 Å². The minimum atomic E-state index is -1.01. The molecule has 0 fully saturated rings. The number of carboxylic acids is 1. The van der Waals surface area contributed by atoms with Gasteiger partial charge in [-0.25, -0.2) is 4.79 Å². The van der Waals surface area contributed by atoms with Crippen LogP contribution in [0.25, 0.3) is 0 Å². The van der Waals surface area contributed by atoms with Crippen LogP contribution in [0, 0.1) is 5.92 Å². The molecule has 0 aliphatic rings. The van der Waals surface area contributed by atoms with Crippen molar-refractivity contribution in [2.45, 2.75) is 20.8 Å². The number of hydrogen-bond acceptors (Lipinski definition) is 2. The topological polar surface area (TPSA) is 60.9 Å².